The SMILES string of the molecule is COc1ccc(C(C)(C)OC(C)(O)c2ccc(OC)cc2F)c(F)c1. The minimum atomic E-state index is -1.98. The molecule has 0 spiro atoms. The smallest absolute Gasteiger partial charge is 0.193 e. The lowest BCUT2D eigenvalue weighted by Crippen LogP contribution is -2.36. The second-order valence-corrected chi connectivity index (χ2v) is 6.29. The number of benzene rings is 2. The molecule has 1 unspecified atom stereocenters. The van der Waals surface area contributed by atoms with E-state index in [-0.39, 0.29) is 11.1 Å². The van der Waals surface area contributed by atoms with Crippen LogP contribution < -0.4 is 9.47 Å². The summed E-state index contributed by atoms with van der Waals surface area (Å²) in [4.78, 5) is 0. The van der Waals surface area contributed by atoms with E-state index in [1.807, 2.05) is 0 Å². The number of halogens is 2. The van der Waals surface area contributed by atoms with E-state index < -0.39 is 23.0 Å². The van der Waals surface area contributed by atoms with Crippen LogP contribution in [0.25, 0.3) is 0 Å². The lowest BCUT2D eigenvalue weighted by atomic mass is 9.95. The lowest BCUT2D eigenvalue weighted by molar-refractivity contribution is -0.261. The number of hydrogen-bond acceptors (Lipinski definition) is 4. The van der Waals surface area contributed by atoms with Gasteiger partial charge in [0.2, 0.25) is 0 Å². The van der Waals surface area contributed by atoms with E-state index in [4.69, 9.17) is 14.2 Å². The predicted octanol–water partition coefficient (Wildman–Crippen LogP) is 4.10. The number of rotatable bonds is 6. The topological polar surface area (TPSA) is 47.9 Å². The molecule has 25 heavy (non-hydrogen) atoms. The second-order valence-electron chi connectivity index (χ2n) is 6.29. The largest absolute Gasteiger partial charge is 0.497 e. The van der Waals surface area contributed by atoms with Gasteiger partial charge in [0.25, 0.3) is 0 Å². The first-order valence-corrected chi connectivity index (χ1v) is 7.71. The Morgan fingerprint density at radius 1 is 0.800 bits per heavy atom. The zero-order chi connectivity index (χ0) is 18.8. The van der Waals surface area contributed by atoms with Crippen molar-refractivity contribution < 1.29 is 28.1 Å². The van der Waals surface area contributed by atoms with E-state index >= 15 is 0 Å². The van der Waals surface area contributed by atoms with Crippen molar-refractivity contribution in [3.63, 3.8) is 0 Å². The van der Waals surface area contributed by atoms with E-state index in [1.54, 1.807) is 19.9 Å². The highest BCUT2D eigenvalue weighted by Gasteiger charge is 2.37. The number of methoxy groups -OCH3 is 2. The van der Waals surface area contributed by atoms with E-state index in [0.29, 0.717) is 11.5 Å². The highest BCUT2D eigenvalue weighted by Crippen LogP contribution is 2.37. The van der Waals surface area contributed by atoms with Crippen molar-refractivity contribution in [3.8, 4) is 11.5 Å². The van der Waals surface area contributed by atoms with Crippen molar-refractivity contribution in [2.24, 2.45) is 0 Å². The third kappa shape index (κ3) is 4.08. The maximum absolute atomic E-state index is 14.4. The molecule has 0 amide bonds. The van der Waals surface area contributed by atoms with Crippen molar-refractivity contribution >= 4 is 0 Å². The van der Waals surface area contributed by atoms with Crippen LogP contribution in [0.15, 0.2) is 36.4 Å². The summed E-state index contributed by atoms with van der Waals surface area (Å²) in [5.41, 5.74) is -1.09. The summed E-state index contributed by atoms with van der Waals surface area (Å²) in [5, 5.41) is 10.7. The Morgan fingerprint density at radius 3 is 1.64 bits per heavy atom. The third-order valence-electron chi connectivity index (χ3n) is 3.95. The first-order valence-electron chi connectivity index (χ1n) is 7.71. The fourth-order valence-electron chi connectivity index (χ4n) is 2.72. The molecule has 1 atom stereocenters. The van der Waals surface area contributed by atoms with Crippen molar-refractivity contribution in [2.75, 3.05) is 14.2 Å². The van der Waals surface area contributed by atoms with Gasteiger partial charge in [0.15, 0.2) is 5.79 Å². The lowest BCUT2D eigenvalue weighted by Gasteiger charge is -2.35. The molecule has 0 radical (unpaired) electrons. The van der Waals surface area contributed by atoms with E-state index in [9.17, 15) is 13.9 Å². The molecule has 136 valence electrons. The molecule has 1 N–H and O–H groups in total. The molecule has 0 bridgehead atoms. The van der Waals surface area contributed by atoms with Crippen LogP contribution in [0.5, 0.6) is 11.5 Å². The molecule has 0 heterocycles. The van der Waals surface area contributed by atoms with Crippen LogP contribution in [0.2, 0.25) is 0 Å². The van der Waals surface area contributed by atoms with Gasteiger partial charge in [0.05, 0.1) is 19.8 Å². The van der Waals surface area contributed by atoms with Gasteiger partial charge in [-0.05, 0) is 45.0 Å². The average molecular weight is 352 g/mol. The Morgan fingerprint density at radius 2 is 1.24 bits per heavy atom. The highest BCUT2D eigenvalue weighted by atomic mass is 19.1. The van der Waals surface area contributed by atoms with Gasteiger partial charge in [-0.1, -0.05) is 0 Å². The fourth-order valence-corrected chi connectivity index (χ4v) is 2.72. The Labute approximate surface area is 146 Å². The van der Waals surface area contributed by atoms with E-state index in [2.05, 4.69) is 0 Å². The molecule has 2 aromatic carbocycles. The Bertz CT molecular complexity index is 694. The summed E-state index contributed by atoms with van der Waals surface area (Å²) in [6, 6.07) is 8.35. The molecule has 2 rings (SSSR count). The molecule has 0 aliphatic rings. The summed E-state index contributed by atoms with van der Waals surface area (Å²) in [6.45, 7) is 4.49. The molecule has 6 heteroatoms. The van der Waals surface area contributed by atoms with E-state index in [0.717, 1.165) is 6.07 Å². The first kappa shape index (κ1) is 19.1. The highest BCUT2D eigenvalue weighted by molar-refractivity contribution is 5.33. The first-order chi connectivity index (χ1) is 11.6. The van der Waals surface area contributed by atoms with Crippen molar-refractivity contribution in [2.45, 2.75) is 32.2 Å². The molecule has 0 saturated carbocycles. The van der Waals surface area contributed by atoms with Crippen LogP contribution in [0, 0.1) is 11.6 Å². The van der Waals surface area contributed by atoms with Crippen LogP contribution in [0.4, 0.5) is 8.78 Å². The Hall–Kier alpha value is -2.18. The molecule has 0 aliphatic heterocycles. The van der Waals surface area contributed by atoms with Gasteiger partial charge in [-0.15, -0.1) is 0 Å². The summed E-state index contributed by atoms with van der Waals surface area (Å²) < 4.78 is 44.3. The normalized spacial score (nSPS) is 14.1. The molecule has 0 fully saturated rings. The standard InChI is InChI=1S/C19H22F2O4/c1-18(2,14-8-6-12(23-4)10-16(14)20)25-19(3,22)15-9-7-13(24-5)11-17(15)21/h6-11,22H,1-5H3. The fraction of sp³-hybridized carbons (Fsp3) is 0.368. The van der Waals surface area contributed by atoms with E-state index in [1.165, 1.54) is 45.4 Å². The Kier molecular flexibility index (Phi) is 5.34. The molecular weight excluding hydrogens is 330 g/mol. The maximum Gasteiger partial charge on any atom is 0.193 e. The molecular formula is C19H22F2O4. The zero-order valence-electron chi connectivity index (χ0n) is 14.9. The second kappa shape index (κ2) is 6.98. The van der Waals surface area contributed by atoms with Crippen LogP contribution in [0.3, 0.4) is 0 Å². The van der Waals surface area contributed by atoms with Gasteiger partial charge in [-0.2, -0.15) is 0 Å². The minimum Gasteiger partial charge on any atom is -0.497 e. The van der Waals surface area contributed by atoms with Gasteiger partial charge in [0, 0.05) is 23.3 Å². The zero-order valence-corrected chi connectivity index (χ0v) is 14.9. The van der Waals surface area contributed by atoms with Crippen molar-refractivity contribution in [1.29, 1.82) is 0 Å². The molecule has 0 aliphatic carbocycles. The predicted molar refractivity (Wildman–Crippen MR) is 89.6 cm³/mol. The van der Waals surface area contributed by atoms with Gasteiger partial charge in [0.1, 0.15) is 23.1 Å². The molecule has 0 aromatic heterocycles. The summed E-state index contributed by atoms with van der Waals surface area (Å²) in [5.74, 6) is -2.53. The number of aliphatic hydroxyl groups is 1. The average Bonchev–Trinajstić information content (AvgIpc) is 2.52. The quantitative estimate of drug-likeness (QED) is 0.795. The minimum absolute atomic E-state index is 0.0738. The molecule has 4 nitrogen and oxygen atoms in total. The van der Waals surface area contributed by atoms with Gasteiger partial charge >= 0.3 is 0 Å². The van der Waals surface area contributed by atoms with Crippen molar-refractivity contribution in [1.82, 2.24) is 0 Å². The van der Waals surface area contributed by atoms with Crippen LogP contribution in [-0.2, 0) is 16.1 Å². The van der Waals surface area contributed by atoms with Gasteiger partial charge in [-0.3, -0.25) is 0 Å². The number of hydrogen-bond donors (Lipinski definition) is 1. The number of ether oxygens (including phenoxy) is 3. The third-order valence-corrected chi connectivity index (χ3v) is 3.95. The van der Waals surface area contributed by atoms with Crippen LogP contribution in [0.1, 0.15) is 31.9 Å². The Balaban J connectivity index is 2.35. The summed E-state index contributed by atoms with van der Waals surface area (Å²) >= 11 is 0. The van der Waals surface area contributed by atoms with Crippen LogP contribution >= 0.6 is 0 Å². The summed E-state index contributed by atoms with van der Waals surface area (Å²) in [7, 11) is 2.85. The van der Waals surface area contributed by atoms with Crippen LogP contribution in [-0.4, -0.2) is 19.3 Å². The monoisotopic (exact) mass is 352 g/mol. The summed E-state index contributed by atoms with van der Waals surface area (Å²) in [6.07, 6.45) is 0. The maximum atomic E-state index is 14.4. The van der Waals surface area contributed by atoms with Crippen molar-refractivity contribution in [3.05, 3.63) is 59.2 Å². The van der Waals surface area contributed by atoms with Gasteiger partial charge in [-0.25, -0.2) is 8.78 Å². The molecule has 0 saturated heterocycles. The van der Waals surface area contributed by atoms with Gasteiger partial charge < -0.3 is 19.3 Å². The molecule has 2 aromatic rings.